The van der Waals surface area contributed by atoms with Crippen LogP contribution in [0.1, 0.15) is 56.2 Å². The Bertz CT molecular complexity index is 1230. The molecular weight excluding hydrogens is 488 g/mol. The van der Waals surface area contributed by atoms with Gasteiger partial charge in [0.25, 0.3) is 0 Å². The number of nitrogens with two attached hydrogens (primary N) is 1. The number of benzene rings is 1. The van der Waals surface area contributed by atoms with Crippen LogP contribution in [0.15, 0.2) is 35.4 Å². The number of rotatable bonds is 9. The Morgan fingerprint density at radius 2 is 1.97 bits per heavy atom. The van der Waals surface area contributed by atoms with Gasteiger partial charge in [-0.3, -0.25) is 10.4 Å². The molecular formula is C23H32N6O4S2. The molecule has 1 aliphatic rings. The number of nitrogens with zero attached hydrogens (tertiary/aromatic N) is 2. The molecule has 1 saturated carbocycles. The van der Waals surface area contributed by atoms with Gasteiger partial charge in [0.15, 0.2) is 0 Å². The molecule has 0 aliphatic heterocycles. The molecule has 1 atom stereocenters. The van der Waals surface area contributed by atoms with E-state index in [-0.39, 0.29) is 23.0 Å². The molecule has 0 radical (unpaired) electrons. The largest absolute Gasteiger partial charge is 0.356 e. The van der Waals surface area contributed by atoms with Crippen LogP contribution in [0.2, 0.25) is 0 Å². The van der Waals surface area contributed by atoms with Crippen molar-refractivity contribution in [2.24, 2.45) is 5.14 Å². The van der Waals surface area contributed by atoms with Gasteiger partial charge in [0.1, 0.15) is 5.82 Å². The normalized spacial score (nSPS) is 19.7. The van der Waals surface area contributed by atoms with Gasteiger partial charge in [-0.1, -0.05) is 6.07 Å². The van der Waals surface area contributed by atoms with E-state index in [0.29, 0.717) is 17.1 Å². The Hall–Kier alpha value is -2.35. The van der Waals surface area contributed by atoms with Crippen molar-refractivity contribution in [3.05, 3.63) is 41.2 Å². The summed E-state index contributed by atoms with van der Waals surface area (Å²) in [6.45, 7) is 5.66. The molecule has 1 fully saturated rings. The highest BCUT2D eigenvalue weighted by Crippen LogP contribution is 2.41. The average Bonchev–Trinajstić information content (AvgIpc) is 3.43. The van der Waals surface area contributed by atoms with E-state index in [2.05, 4.69) is 20.8 Å². The van der Waals surface area contributed by atoms with Crippen LogP contribution in [0.4, 0.5) is 11.5 Å². The van der Waals surface area contributed by atoms with Crippen LogP contribution in [0.3, 0.4) is 0 Å². The van der Waals surface area contributed by atoms with Gasteiger partial charge in [-0.2, -0.15) is 5.10 Å². The van der Waals surface area contributed by atoms with E-state index in [9.17, 15) is 13.5 Å². The van der Waals surface area contributed by atoms with E-state index < -0.39 is 16.4 Å². The average molecular weight is 521 g/mol. The summed E-state index contributed by atoms with van der Waals surface area (Å²) >= 11 is 1.52. The topological polar surface area (TPSA) is 155 Å². The Kier molecular flexibility index (Phi) is 7.89. The van der Waals surface area contributed by atoms with E-state index in [0.717, 1.165) is 41.3 Å². The number of hydrogen-bond donors (Lipinski definition) is 5. The highest BCUT2D eigenvalue weighted by molar-refractivity contribution is 7.89. The van der Waals surface area contributed by atoms with Crippen molar-refractivity contribution in [2.45, 2.75) is 75.8 Å². The number of nitrogens with one attached hydrogen (secondary N) is 3. The third kappa shape index (κ3) is 6.46. The molecule has 1 unspecified atom stereocenters. The first-order chi connectivity index (χ1) is 16.6. The summed E-state index contributed by atoms with van der Waals surface area (Å²) in [5.41, 5.74) is 1.91. The predicted molar refractivity (Wildman–Crippen MR) is 136 cm³/mol. The van der Waals surface area contributed by atoms with Gasteiger partial charge in [0, 0.05) is 29.3 Å². The molecule has 10 nitrogen and oxygen atoms in total. The summed E-state index contributed by atoms with van der Waals surface area (Å²) in [5.74, 6) is 0.927. The molecule has 0 bridgehead atoms. The SMILES string of the molecule is Cc1nc(C2CCC(NC(O)OC(C)C)CC2)sc1-c1ccc(Nc2ccn[nH]2)cc1S(N)(=O)=O. The number of aliphatic hydroxyl groups is 1. The lowest BCUT2D eigenvalue weighted by atomic mass is 9.86. The number of aromatic nitrogens is 3. The number of ether oxygens (including phenoxy) is 1. The van der Waals surface area contributed by atoms with Gasteiger partial charge in [-0.15, -0.1) is 11.3 Å². The number of aryl methyl sites for hydroxylation is 1. The maximum Gasteiger partial charge on any atom is 0.238 e. The summed E-state index contributed by atoms with van der Waals surface area (Å²) in [5, 5.41) is 29.5. The molecule has 1 aromatic carbocycles. The van der Waals surface area contributed by atoms with Crippen LogP contribution in [0.5, 0.6) is 0 Å². The van der Waals surface area contributed by atoms with Gasteiger partial charge in [0.2, 0.25) is 16.4 Å². The highest BCUT2D eigenvalue weighted by atomic mass is 32.2. The maximum absolute atomic E-state index is 12.5. The third-order valence-electron chi connectivity index (χ3n) is 5.98. The predicted octanol–water partition coefficient (Wildman–Crippen LogP) is 3.55. The Morgan fingerprint density at radius 3 is 2.60 bits per heavy atom. The number of primary sulfonamides is 1. The molecule has 1 aliphatic carbocycles. The Labute approximate surface area is 209 Å². The lowest BCUT2D eigenvalue weighted by molar-refractivity contribution is -0.150. The molecule has 6 N–H and O–H groups in total. The van der Waals surface area contributed by atoms with Gasteiger partial charge in [-0.25, -0.2) is 18.5 Å². The number of aromatic amines is 1. The first-order valence-electron chi connectivity index (χ1n) is 11.6. The molecule has 12 heteroatoms. The van der Waals surface area contributed by atoms with Crippen molar-refractivity contribution in [3.8, 4) is 10.4 Å². The molecule has 0 spiro atoms. The maximum atomic E-state index is 12.5. The van der Waals surface area contributed by atoms with Crippen molar-refractivity contribution < 1.29 is 18.3 Å². The fraction of sp³-hybridized carbons (Fsp3) is 0.478. The van der Waals surface area contributed by atoms with Crippen LogP contribution >= 0.6 is 11.3 Å². The van der Waals surface area contributed by atoms with Crippen LogP contribution in [0, 0.1) is 6.92 Å². The molecule has 2 aromatic heterocycles. The summed E-state index contributed by atoms with van der Waals surface area (Å²) in [6.07, 6.45) is 4.22. The van der Waals surface area contributed by atoms with Gasteiger partial charge in [-0.05, 0) is 58.6 Å². The van der Waals surface area contributed by atoms with Gasteiger partial charge < -0.3 is 15.2 Å². The minimum absolute atomic E-state index is 0.0485. The Morgan fingerprint density at radius 1 is 1.23 bits per heavy atom. The zero-order valence-electron chi connectivity index (χ0n) is 20.0. The number of anilines is 2. The van der Waals surface area contributed by atoms with Crippen molar-refractivity contribution in [1.82, 2.24) is 20.5 Å². The monoisotopic (exact) mass is 520 g/mol. The number of sulfonamides is 1. The molecule has 0 amide bonds. The van der Waals surface area contributed by atoms with Crippen molar-refractivity contribution in [2.75, 3.05) is 5.32 Å². The molecule has 3 aromatic rings. The molecule has 190 valence electrons. The molecule has 0 saturated heterocycles. The zero-order valence-corrected chi connectivity index (χ0v) is 21.6. The first-order valence-corrected chi connectivity index (χ1v) is 14.0. The van der Waals surface area contributed by atoms with Crippen LogP contribution in [-0.2, 0) is 14.8 Å². The summed E-state index contributed by atoms with van der Waals surface area (Å²) in [7, 11) is -3.97. The highest BCUT2D eigenvalue weighted by Gasteiger charge is 2.28. The zero-order chi connectivity index (χ0) is 25.2. The second kappa shape index (κ2) is 10.7. The quantitative estimate of drug-likeness (QED) is 0.268. The van der Waals surface area contributed by atoms with E-state index in [1.54, 1.807) is 18.3 Å². The first kappa shape index (κ1) is 25.7. The van der Waals surface area contributed by atoms with Crippen molar-refractivity contribution in [1.29, 1.82) is 0 Å². The summed E-state index contributed by atoms with van der Waals surface area (Å²) in [4.78, 5) is 5.65. The number of thiazole rings is 1. The molecule has 4 rings (SSSR count). The van der Waals surface area contributed by atoms with Crippen LogP contribution < -0.4 is 15.8 Å². The second-order valence-electron chi connectivity index (χ2n) is 9.07. The number of aliphatic hydroxyl groups excluding tert-OH is 1. The molecule has 2 heterocycles. The molecule has 35 heavy (non-hydrogen) atoms. The fourth-order valence-electron chi connectivity index (χ4n) is 4.35. The fourth-order valence-corrected chi connectivity index (χ4v) is 6.46. The number of hydrogen-bond acceptors (Lipinski definition) is 9. The van der Waals surface area contributed by atoms with E-state index in [1.165, 1.54) is 17.4 Å². The summed E-state index contributed by atoms with van der Waals surface area (Å²) in [6, 6.07) is 7.03. The minimum atomic E-state index is -3.97. The van der Waals surface area contributed by atoms with E-state index in [4.69, 9.17) is 14.9 Å². The smallest absolute Gasteiger partial charge is 0.238 e. The minimum Gasteiger partial charge on any atom is -0.356 e. The van der Waals surface area contributed by atoms with Gasteiger partial charge in [0.05, 0.1) is 32.8 Å². The van der Waals surface area contributed by atoms with Crippen molar-refractivity contribution >= 4 is 32.9 Å². The summed E-state index contributed by atoms with van der Waals surface area (Å²) < 4.78 is 30.3. The standard InChI is InChI=1S/C23H32N6O4S2/c1-13(2)33-23(30)28-16-6-4-15(5-7-16)22-26-14(3)21(34-22)18-9-8-17(12-19(18)35(24,31)32)27-20-10-11-25-29-20/h8-13,15-16,23,28,30H,4-7H2,1-3H3,(H2,24,31,32)(H2,25,27,29). The van der Waals surface area contributed by atoms with Crippen LogP contribution in [-0.4, -0.2) is 47.3 Å². The van der Waals surface area contributed by atoms with E-state index >= 15 is 0 Å². The number of H-pyrrole nitrogens is 1. The third-order valence-corrected chi connectivity index (χ3v) is 8.29. The van der Waals surface area contributed by atoms with E-state index in [1.807, 2.05) is 26.8 Å². The van der Waals surface area contributed by atoms with Crippen molar-refractivity contribution in [3.63, 3.8) is 0 Å². The Balaban J connectivity index is 1.51. The van der Waals surface area contributed by atoms with Gasteiger partial charge >= 0.3 is 0 Å². The van der Waals surface area contributed by atoms with Crippen LogP contribution in [0.25, 0.3) is 10.4 Å². The second-order valence-corrected chi connectivity index (χ2v) is 11.6. The lowest BCUT2D eigenvalue weighted by Gasteiger charge is -2.30. The lowest BCUT2D eigenvalue weighted by Crippen LogP contribution is -2.42.